The lowest BCUT2D eigenvalue weighted by Crippen LogP contribution is -1.99. The van der Waals surface area contributed by atoms with Gasteiger partial charge in [0.05, 0.1) is 0 Å². The van der Waals surface area contributed by atoms with Gasteiger partial charge in [-0.1, -0.05) is 75.2 Å². The molecule has 0 saturated carbocycles. The van der Waals surface area contributed by atoms with Crippen LogP contribution in [0.15, 0.2) is 23.8 Å². The molecule has 0 bridgehead atoms. The fraction of sp³-hybridized carbons (Fsp3) is 0.714. The fourth-order valence-electron chi connectivity index (χ4n) is 1.13. The minimum Gasteiger partial charge on any atom is -0.0876 e. The summed E-state index contributed by atoms with van der Waals surface area (Å²) in [5.74, 6) is 2.06. The Morgan fingerprint density at radius 3 is 2.20 bits per heavy atom. The topological polar surface area (TPSA) is 0 Å². The monoisotopic (exact) mass is 272 g/mol. The van der Waals surface area contributed by atoms with Crippen LogP contribution in [0.2, 0.25) is 0 Å². The van der Waals surface area contributed by atoms with Gasteiger partial charge in [0.2, 0.25) is 0 Å². The van der Waals surface area contributed by atoms with Gasteiger partial charge in [0.15, 0.2) is 0 Å². The van der Waals surface area contributed by atoms with E-state index < -0.39 is 0 Å². The van der Waals surface area contributed by atoms with E-state index in [9.17, 15) is 0 Å². The van der Waals surface area contributed by atoms with E-state index in [-0.39, 0.29) is 0 Å². The molecule has 0 aliphatic rings. The number of rotatable bonds is 6. The molecule has 0 spiro atoms. The summed E-state index contributed by atoms with van der Waals surface area (Å²) in [7, 11) is 0. The second kappa shape index (κ2) is 8.15. The average Bonchev–Trinajstić information content (AvgIpc) is 2.22. The van der Waals surface area contributed by atoms with Crippen LogP contribution in [-0.4, -0.2) is 5.33 Å². The van der Waals surface area contributed by atoms with Gasteiger partial charge in [-0.25, -0.2) is 0 Å². The van der Waals surface area contributed by atoms with Crippen molar-refractivity contribution in [2.75, 3.05) is 5.33 Å². The minimum absolute atomic E-state index is 0.657. The lowest BCUT2D eigenvalue weighted by atomic mass is 9.96. The predicted molar refractivity (Wildman–Crippen MR) is 74.5 cm³/mol. The zero-order chi connectivity index (χ0) is 11.8. The summed E-state index contributed by atoms with van der Waals surface area (Å²) in [6.45, 7) is 11.3. The van der Waals surface area contributed by atoms with Crippen molar-refractivity contribution in [3.63, 3.8) is 0 Å². The maximum Gasteiger partial charge on any atom is 0.0279 e. The summed E-state index contributed by atoms with van der Waals surface area (Å²) < 4.78 is 0. The smallest absolute Gasteiger partial charge is 0.0279 e. The highest BCUT2D eigenvalue weighted by molar-refractivity contribution is 9.09. The van der Waals surface area contributed by atoms with Crippen molar-refractivity contribution in [2.45, 2.75) is 41.0 Å². The molecule has 0 rings (SSSR count). The number of alkyl halides is 1. The van der Waals surface area contributed by atoms with Crippen LogP contribution in [0.5, 0.6) is 0 Å². The number of halogens is 1. The van der Waals surface area contributed by atoms with Crippen LogP contribution in [0.25, 0.3) is 0 Å². The fourth-order valence-corrected chi connectivity index (χ4v) is 1.50. The second-order valence-corrected chi connectivity index (χ2v) is 5.28. The molecule has 0 aromatic rings. The summed E-state index contributed by atoms with van der Waals surface area (Å²) in [4.78, 5) is 0. The summed E-state index contributed by atoms with van der Waals surface area (Å²) in [5.41, 5.74) is 1.40. The maximum atomic E-state index is 3.54. The Hall–Kier alpha value is -0.0400. The van der Waals surface area contributed by atoms with E-state index in [0.717, 1.165) is 11.2 Å². The molecule has 0 aromatic carbocycles. The van der Waals surface area contributed by atoms with E-state index in [2.05, 4.69) is 68.8 Å². The standard InChI is InChI=1S/C14H25Br/c1-6-12(4)9-14(10-15)8-7-13(5)11(2)3/h7-9,11-13H,6,10H2,1-5H3/b8-7-,14-9-. The highest BCUT2D eigenvalue weighted by Gasteiger charge is 2.02. The van der Waals surface area contributed by atoms with Gasteiger partial charge in [-0.2, -0.15) is 0 Å². The molecule has 0 aliphatic heterocycles. The van der Waals surface area contributed by atoms with Crippen molar-refractivity contribution < 1.29 is 0 Å². The van der Waals surface area contributed by atoms with Gasteiger partial charge >= 0.3 is 0 Å². The van der Waals surface area contributed by atoms with Gasteiger partial charge in [0, 0.05) is 5.33 Å². The SMILES string of the molecule is CCC(C)/C=C(/C=C\C(C)C(C)C)CBr. The molecule has 0 N–H and O–H groups in total. The van der Waals surface area contributed by atoms with E-state index in [1.165, 1.54) is 12.0 Å². The van der Waals surface area contributed by atoms with E-state index >= 15 is 0 Å². The number of hydrogen-bond donors (Lipinski definition) is 0. The Morgan fingerprint density at radius 1 is 1.20 bits per heavy atom. The molecular formula is C14H25Br. The Morgan fingerprint density at radius 2 is 1.80 bits per heavy atom. The summed E-state index contributed by atoms with van der Waals surface area (Å²) in [6.07, 6.45) is 8.16. The number of allylic oxidation sites excluding steroid dienone is 4. The van der Waals surface area contributed by atoms with Gasteiger partial charge in [-0.3, -0.25) is 0 Å². The Balaban J connectivity index is 4.38. The molecule has 0 heterocycles. The second-order valence-electron chi connectivity index (χ2n) is 4.72. The van der Waals surface area contributed by atoms with E-state index in [0.29, 0.717) is 11.8 Å². The van der Waals surface area contributed by atoms with Crippen molar-refractivity contribution in [1.29, 1.82) is 0 Å². The largest absolute Gasteiger partial charge is 0.0876 e. The quantitative estimate of drug-likeness (QED) is 0.461. The van der Waals surface area contributed by atoms with Crippen molar-refractivity contribution in [3.05, 3.63) is 23.8 Å². The first kappa shape index (κ1) is 15.0. The zero-order valence-electron chi connectivity index (χ0n) is 10.8. The van der Waals surface area contributed by atoms with E-state index in [1.807, 2.05) is 0 Å². The minimum atomic E-state index is 0.657. The first-order chi connectivity index (χ1) is 7.01. The highest BCUT2D eigenvalue weighted by atomic mass is 79.9. The normalized spacial score (nSPS) is 17.4. The van der Waals surface area contributed by atoms with E-state index in [1.54, 1.807) is 0 Å². The third kappa shape index (κ3) is 6.94. The zero-order valence-corrected chi connectivity index (χ0v) is 12.3. The van der Waals surface area contributed by atoms with Crippen LogP contribution in [0, 0.1) is 17.8 Å². The van der Waals surface area contributed by atoms with Crippen molar-refractivity contribution in [2.24, 2.45) is 17.8 Å². The van der Waals surface area contributed by atoms with Gasteiger partial charge in [0.1, 0.15) is 0 Å². The van der Waals surface area contributed by atoms with Crippen LogP contribution in [0.3, 0.4) is 0 Å². The molecule has 0 fully saturated rings. The third-order valence-electron chi connectivity index (χ3n) is 2.96. The van der Waals surface area contributed by atoms with E-state index in [4.69, 9.17) is 0 Å². The molecule has 0 radical (unpaired) electrons. The molecule has 0 aliphatic carbocycles. The van der Waals surface area contributed by atoms with Crippen LogP contribution < -0.4 is 0 Å². The first-order valence-electron chi connectivity index (χ1n) is 5.96. The Labute approximate surface area is 104 Å². The molecule has 1 heteroatoms. The molecule has 2 atom stereocenters. The van der Waals surface area contributed by atoms with Gasteiger partial charge < -0.3 is 0 Å². The van der Waals surface area contributed by atoms with Crippen LogP contribution >= 0.6 is 15.9 Å². The van der Waals surface area contributed by atoms with Gasteiger partial charge in [-0.15, -0.1) is 0 Å². The lowest BCUT2D eigenvalue weighted by molar-refractivity contribution is 0.504. The highest BCUT2D eigenvalue weighted by Crippen LogP contribution is 2.15. The maximum absolute atomic E-state index is 3.54. The Bertz CT molecular complexity index is 213. The Kier molecular flexibility index (Phi) is 8.13. The molecule has 0 aromatic heterocycles. The number of hydrogen-bond acceptors (Lipinski definition) is 0. The van der Waals surface area contributed by atoms with Crippen molar-refractivity contribution >= 4 is 15.9 Å². The first-order valence-corrected chi connectivity index (χ1v) is 7.08. The molecule has 2 unspecified atom stereocenters. The summed E-state index contributed by atoms with van der Waals surface area (Å²) in [5, 5.41) is 0.957. The molecular weight excluding hydrogens is 248 g/mol. The van der Waals surface area contributed by atoms with Crippen molar-refractivity contribution in [3.8, 4) is 0 Å². The van der Waals surface area contributed by atoms with Gasteiger partial charge in [-0.05, 0) is 23.3 Å². The van der Waals surface area contributed by atoms with Crippen LogP contribution in [0.1, 0.15) is 41.0 Å². The molecule has 0 saturated heterocycles. The average molecular weight is 273 g/mol. The predicted octanol–water partition coefficient (Wildman–Crippen LogP) is 5.20. The van der Waals surface area contributed by atoms with Crippen molar-refractivity contribution in [1.82, 2.24) is 0 Å². The molecule has 15 heavy (non-hydrogen) atoms. The molecule has 0 amide bonds. The van der Waals surface area contributed by atoms with Crippen LogP contribution in [0.4, 0.5) is 0 Å². The summed E-state index contributed by atoms with van der Waals surface area (Å²) >= 11 is 3.54. The van der Waals surface area contributed by atoms with Crippen LogP contribution in [-0.2, 0) is 0 Å². The molecule has 88 valence electrons. The summed E-state index contributed by atoms with van der Waals surface area (Å²) in [6, 6.07) is 0. The molecule has 0 nitrogen and oxygen atoms in total. The lowest BCUT2D eigenvalue weighted by Gasteiger charge is -2.10. The third-order valence-corrected chi connectivity index (χ3v) is 3.61. The van der Waals surface area contributed by atoms with Gasteiger partial charge in [0.25, 0.3) is 0 Å².